The van der Waals surface area contributed by atoms with Gasteiger partial charge in [-0.3, -0.25) is 9.59 Å². The summed E-state index contributed by atoms with van der Waals surface area (Å²) in [4.78, 5) is 34.5. The Kier molecular flexibility index (Phi) is 7.04. The van der Waals surface area contributed by atoms with E-state index in [1.807, 2.05) is 0 Å². The SMILES string of the molecule is CCOC(=O)c1cccc(NC(=O)CC[C@H](N)C(=O)OC)c1. The summed E-state index contributed by atoms with van der Waals surface area (Å²) < 4.78 is 9.37. The fourth-order valence-corrected chi connectivity index (χ4v) is 1.72. The van der Waals surface area contributed by atoms with Gasteiger partial charge in [0.15, 0.2) is 0 Å². The lowest BCUT2D eigenvalue weighted by Crippen LogP contribution is -2.32. The van der Waals surface area contributed by atoms with Crippen LogP contribution in [0, 0.1) is 0 Å². The van der Waals surface area contributed by atoms with Crippen LogP contribution < -0.4 is 11.1 Å². The van der Waals surface area contributed by atoms with Crippen molar-refractivity contribution in [2.24, 2.45) is 5.73 Å². The van der Waals surface area contributed by atoms with Gasteiger partial charge in [-0.15, -0.1) is 0 Å². The number of rotatable bonds is 7. The van der Waals surface area contributed by atoms with Gasteiger partial charge in [0, 0.05) is 12.1 Å². The zero-order chi connectivity index (χ0) is 16.5. The van der Waals surface area contributed by atoms with Gasteiger partial charge in [0.2, 0.25) is 5.91 Å². The highest BCUT2D eigenvalue weighted by Gasteiger charge is 2.15. The summed E-state index contributed by atoms with van der Waals surface area (Å²) in [7, 11) is 1.24. The molecule has 0 fully saturated rings. The molecule has 120 valence electrons. The Bertz CT molecular complexity index is 544. The van der Waals surface area contributed by atoms with Crippen molar-refractivity contribution in [1.29, 1.82) is 0 Å². The molecule has 1 atom stereocenters. The van der Waals surface area contributed by atoms with Gasteiger partial charge in [-0.1, -0.05) is 6.07 Å². The molecule has 3 N–H and O–H groups in total. The molecule has 0 heterocycles. The van der Waals surface area contributed by atoms with E-state index < -0.39 is 18.0 Å². The molecule has 1 aromatic carbocycles. The predicted octanol–water partition coefficient (Wildman–Crippen LogP) is 1.08. The van der Waals surface area contributed by atoms with Crippen LogP contribution in [0.2, 0.25) is 0 Å². The van der Waals surface area contributed by atoms with Gasteiger partial charge < -0.3 is 20.5 Å². The molecule has 1 aromatic rings. The number of esters is 2. The average molecular weight is 308 g/mol. The van der Waals surface area contributed by atoms with E-state index in [1.165, 1.54) is 13.2 Å². The van der Waals surface area contributed by atoms with Crippen molar-refractivity contribution in [3.63, 3.8) is 0 Å². The Balaban J connectivity index is 2.56. The van der Waals surface area contributed by atoms with Crippen LogP contribution >= 0.6 is 0 Å². The molecule has 1 amide bonds. The zero-order valence-corrected chi connectivity index (χ0v) is 12.6. The number of hydrogen-bond acceptors (Lipinski definition) is 6. The molecule has 0 aromatic heterocycles. The highest BCUT2D eigenvalue weighted by atomic mass is 16.5. The Hall–Kier alpha value is -2.41. The maximum absolute atomic E-state index is 11.8. The van der Waals surface area contributed by atoms with Crippen LogP contribution in [-0.2, 0) is 19.1 Å². The molecule has 22 heavy (non-hydrogen) atoms. The maximum Gasteiger partial charge on any atom is 0.338 e. The van der Waals surface area contributed by atoms with Gasteiger partial charge in [0.25, 0.3) is 0 Å². The Morgan fingerprint density at radius 2 is 2.05 bits per heavy atom. The summed E-state index contributed by atoms with van der Waals surface area (Å²) in [6.45, 7) is 1.99. The summed E-state index contributed by atoms with van der Waals surface area (Å²) in [6, 6.07) is 5.58. The first kappa shape index (κ1) is 17.6. The normalized spacial score (nSPS) is 11.4. The van der Waals surface area contributed by atoms with Crippen molar-refractivity contribution in [3.8, 4) is 0 Å². The van der Waals surface area contributed by atoms with E-state index >= 15 is 0 Å². The van der Waals surface area contributed by atoms with E-state index in [0.29, 0.717) is 11.3 Å². The van der Waals surface area contributed by atoms with Crippen molar-refractivity contribution >= 4 is 23.5 Å². The number of methoxy groups -OCH3 is 1. The van der Waals surface area contributed by atoms with E-state index in [9.17, 15) is 14.4 Å². The third kappa shape index (κ3) is 5.53. The molecule has 0 saturated carbocycles. The molecular formula is C15H20N2O5. The van der Waals surface area contributed by atoms with Crippen LogP contribution in [0.5, 0.6) is 0 Å². The van der Waals surface area contributed by atoms with Crippen molar-refractivity contribution in [2.75, 3.05) is 19.0 Å². The first-order chi connectivity index (χ1) is 10.5. The van der Waals surface area contributed by atoms with Gasteiger partial charge in [0.05, 0.1) is 19.3 Å². The molecule has 0 radical (unpaired) electrons. The quantitative estimate of drug-likeness (QED) is 0.730. The molecule has 7 nitrogen and oxygen atoms in total. The molecule has 0 aliphatic rings. The van der Waals surface area contributed by atoms with Gasteiger partial charge in [-0.05, 0) is 31.5 Å². The zero-order valence-electron chi connectivity index (χ0n) is 12.6. The lowest BCUT2D eigenvalue weighted by Gasteiger charge is -2.10. The van der Waals surface area contributed by atoms with Crippen LogP contribution in [0.1, 0.15) is 30.1 Å². The molecule has 0 unspecified atom stereocenters. The minimum absolute atomic E-state index is 0.0693. The number of carbonyl (C=O) groups excluding carboxylic acids is 3. The van der Waals surface area contributed by atoms with E-state index in [-0.39, 0.29) is 25.4 Å². The average Bonchev–Trinajstić information content (AvgIpc) is 2.52. The number of anilines is 1. The van der Waals surface area contributed by atoms with Crippen LogP contribution in [0.15, 0.2) is 24.3 Å². The number of ether oxygens (including phenoxy) is 2. The summed E-state index contributed by atoms with van der Waals surface area (Å²) in [5, 5.41) is 2.64. The Morgan fingerprint density at radius 1 is 1.32 bits per heavy atom. The Labute approximate surface area is 128 Å². The lowest BCUT2D eigenvalue weighted by molar-refractivity contribution is -0.142. The second kappa shape index (κ2) is 8.78. The maximum atomic E-state index is 11.8. The molecule has 0 aliphatic carbocycles. The third-order valence-corrected chi connectivity index (χ3v) is 2.84. The van der Waals surface area contributed by atoms with Gasteiger partial charge in [-0.25, -0.2) is 4.79 Å². The molecule has 0 aliphatic heterocycles. The van der Waals surface area contributed by atoms with Gasteiger partial charge in [-0.2, -0.15) is 0 Å². The fraction of sp³-hybridized carbons (Fsp3) is 0.400. The number of amides is 1. The second-order valence-electron chi connectivity index (χ2n) is 4.52. The van der Waals surface area contributed by atoms with Crippen LogP contribution in [0.4, 0.5) is 5.69 Å². The number of hydrogen-bond donors (Lipinski definition) is 2. The van der Waals surface area contributed by atoms with Crippen molar-refractivity contribution in [1.82, 2.24) is 0 Å². The minimum Gasteiger partial charge on any atom is -0.468 e. The summed E-state index contributed by atoms with van der Waals surface area (Å²) in [5.74, 6) is -1.32. The summed E-state index contributed by atoms with van der Waals surface area (Å²) >= 11 is 0. The first-order valence-electron chi connectivity index (χ1n) is 6.88. The predicted molar refractivity (Wildman–Crippen MR) is 80.3 cm³/mol. The van der Waals surface area contributed by atoms with Crippen molar-refractivity contribution in [2.45, 2.75) is 25.8 Å². The highest BCUT2D eigenvalue weighted by molar-refractivity contribution is 5.94. The van der Waals surface area contributed by atoms with E-state index in [0.717, 1.165) is 0 Å². The first-order valence-corrected chi connectivity index (χ1v) is 6.88. The van der Waals surface area contributed by atoms with Crippen LogP contribution in [0.3, 0.4) is 0 Å². The van der Waals surface area contributed by atoms with Crippen molar-refractivity contribution < 1.29 is 23.9 Å². The largest absolute Gasteiger partial charge is 0.468 e. The molecule has 0 saturated heterocycles. The monoisotopic (exact) mass is 308 g/mol. The number of benzene rings is 1. The Morgan fingerprint density at radius 3 is 2.68 bits per heavy atom. The molecule has 0 bridgehead atoms. The smallest absolute Gasteiger partial charge is 0.338 e. The topological polar surface area (TPSA) is 108 Å². The number of nitrogens with two attached hydrogens (primary N) is 1. The molecule has 1 rings (SSSR count). The molecular weight excluding hydrogens is 288 g/mol. The summed E-state index contributed by atoms with van der Waals surface area (Å²) in [5.41, 5.74) is 6.38. The van der Waals surface area contributed by atoms with Gasteiger partial charge in [0.1, 0.15) is 6.04 Å². The number of nitrogens with one attached hydrogen (secondary N) is 1. The lowest BCUT2D eigenvalue weighted by atomic mass is 10.1. The molecule has 7 heteroatoms. The number of carbonyl (C=O) groups is 3. The molecule has 0 spiro atoms. The van der Waals surface area contributed by atoms with Crippen LogP contribution in [0.25, 0.3) is 0 Å². The van der Waals surface area contributed by atoms with E-state index in [1.54, 1.807) is 25.1 Å². The minimum atomic E-state index is -0.832. The van der Waals surface area contributed by atoms with Gasteiger partial charge >= 0.3 is 11.9 Å². The fourth-order valence-electron chi connectivity index (χ4n) is 1.72. The van der Waals surface area contributed by atoms with Crippen molar-refractivity contribution in [3.05, 3.63) is 29.8 Å². The highest BCUT2D eigenvalue weighted by Crippen LogP contribution is 2.12. The van der Waals surface area contributed by atoms with Crippen LogP contribution in [-0.4, -0.2) is 37.6 Å². The van der Waals surface area contributed by atoms with E-state index in [4.69, 9.17) is 10.5 Å². The second-order valence-corrected chi connectivity index (χ2v) is 4.52. The third-order valence-electron chi connectivity index (χ3n) is 2.84. The standard InChI is InChI=1S/C15H20N2O5/c1-3-22-14(19)10-5-4-6-11(9-10)17-13(18)8-7-12(16)15(20)21-2/h4-6,9,12H,3,7-8,16H2,1-2H3,(H,17,18)/t12-/m0/s1. The van der Waals surface area contributed by atoms with E-state index in [2.05, 4.69) is 10.1 Å². The summed E-state index contributed by atoms with van der Waals surface area (Å²) in [6.07, 6.45) is 0.246.